The molecule has 0 aliphatic carbocycles. The maximum absolute atomic E-state index is 12.0. The molecule has 136 valence electrons. The number of aromatic nitrogens is 2. The fourth-order valence-electron chi connectivity index (χ4n) is 2.21. The first-order valence-electron chi connectivity index (χ1n) is 7.94. The van der Waals surface area contributed by atoms with Crippen LogP contribution >= 0.6 is 22.6 Å². The zero-order valence-corrected chi connectivity index (χ0v) is 17.9. The number of aliphatic hydroxyl groups excluding tert-OH is 1. The molecule has 1 unspecified atom stereocenters. The zero-order valence-electron chi connectivity index (χ0n) is 14.7. The van der Waals surface area contributed by atoms with Crippen molar-refractivity contribution < 1.29 is 14.3 Å². The van der Waals surface area contributed by atoms with Gasteiger partial charge in [0.05, 0.1) is 16.3 Å². The molecule has 0 radical (unpaired) electrons. The molecule has 3 N–H and O–H groups in total. The molecule has 9 heteroatoms. The van der Waals surface area contributed by atoms with E-state index in [-0.39, 0.29) is 10.9 Å². The Morgan fingerprint density at radius 3 is 2.75 bits per heavy atom. The van der Waals surface area contributed by atoms with E-state index in [0.717, 1.165) is 0 Å². The highest BCUT2D eigenvalue weighted by Gasteiger charge is 2.41. The molecule has 1 saturated heterocycles. The highest BCUT2D eigenvalue weighted by Crippen LogP contribution is 2.37. The Bertz CT molecular complexity index is 659. The molecule has 0 saturated carbocycles. The number of nitrogen functional groups attached to an aromatic ring is 1. The Labute approximate surface area is 156 Å². The minimum atomic E-state index is -1.92. The van der Waals surface area contributed by atoms with Crippen molar-refractivity contribution in [3.05, 3.63) is 20.3 Å². The molecule has 0 spiro atoms. The van der Waals surface area contributed by atoms with Gasteiger partial charge in [0.25, 0.3) is 0 Å². The molecule has 2 rings (SSSR count). The third-order valence-electron chi connectivity index (χ3n) is 4.86. The van der Waals surface area contributed by atoms with Gasteiger partial charge in [0.15, 0.2) is 8.32 Å². The second kappa shape index (κ2) is 7.02. The molecule has 7 nitrogen and oxygen atoms in total. The maximum atomic E-state index is 12.0. The number of hydrogen-bond acceptors (Lipinski definition) is 6. The van der Waals surface area contributed by atoms with Crippen molar-refractivity contribution in [1.82, 2.24) is 9.55 Å². The molecule has 0 bridgehead atoms. The lowest BCUT2D eigenvalue weighted by atomic mass is 10.2. The SMILES string of the molecule is CC(C)(C)[Si](C)(C)OC[C@H]1OC(n2cc(I)c(N)nc2=O)C[C@@H]1O. The predicted molar refractivity (Wildman–Crippen MR) is 103 cm³/mol. The lowest BCUT2D eigenvalue weighted by molar-refractivity contribution is -0.0432. The first-order valence-corrected chi connectivity index (χ1v) is 11.9. The summed E-state index contributed by atoms with van der Waals surface area (Å²) >= 11 is 2.02. The predicted octanol–water partition coefficient (Wildman–Crippen LogP) is 2.10. The van der Waals surface area contributed by atoms with Crippen molar-refractivity contribution >= 4 is 36.7 Å². The summed E-state index contributed by atoms with van der Waals surface area (Å²) in [7, 11) is -1.92. The second-order valence-electron chi connectivity index (χ2n) is 7.67. The van der Waals surface area contributed by atoms with Crippen LogP contribution in [0.25, 0.3) is 0 Å². The minimum absolute atomic E-state index is 0.0872. The van der Waals surface area contributed by atoms with Crippen LogP contribution < -0.4 is 11.4 Å². The molecule has 1 aliphatic heterocycles. The minimum Gasteiger partial charge on any atom is -0.414 e. The van der Waals surface area contributed by atoms with Crippen molar-refractivity contribution in [2.75, 3.05) is 12.3 Å². The Balaban J connectivity index is 2.08. The van der Waals surface area contributed by atoms with Crippen molar-refractivity contribution in [3.8, 4) is 0 Å². The molecular weight excluding hydrogens is 441 g/mol. The zero-order chi connectivity index (χ0) is 18.3. The van der Waals surface area contributed by atoms with E-state index in [2.05, 4.69) is 38.8 Å². The van der Waals surface area contributed by atoms with E-state index in [1.165, 1.54) is 4.57 Å². The van der Waals surface area contributed by atoms with E-state index < -0.39 is 32.4 Å². The normalized spacial score (nSPS) is 25.2. The van der Waals surface area contributed by atoms with Crippen LogP contribution in [0.4, 0.5) is 5.82 Å². The second-order valence-corrected chi connectivity index (χ2v) is 13.6. The third-order valence-corrected chi connectivity index (χ3v) is 10.2. The van der Waals surface area contributed by atoms with Crippen LogP contribution in [-0.4, -0.2) is 41.8 Å². The summed E-state index contributed by atoms with van der Waals surface area (Å²) in [6, 6.07) is 0. The number of hydrogen-bond donors (Lipinski definition) is 2. The number of nitrogens with two attached hydrogens (primary N) is 1. The summed E-state index contributed by atoms with van der Waals surface area (Å²) in [5.41, 5.74) is 5.17. The summed E-state index contributed by atoms with van der Waals surface area (Å²) in [6.07, 6.45) is 0.252. The Kier molecular flexibility index (Phi) is 5.80. The third kappa shape index (κ3) is 4.18. The smallest absolute Gasteiger partial charge is 0.351 e. The van der Waals surface area contributed by atoms with E-state index in [1.807, 2.05) is 22.6 Å². The van der Waals surface area contributed by atoms with Gasteiger partial charge in [-0.3, -0.25) is 4.57 Å². The van der Waals surface area contributed by atoms with Crippen LogP contribution in [0, 0.1) is 3.57 Å². The number of aliphatic hydroxyl groups is 1. The van der Waals surface area contributed by atoms with Crippen molar-refractivity contribution in [2.24, 2.45) is 0 Å². The average molecular weight is 467 g/mol. The number of halogens is 1. The number of rotatable bonds is 4. The monoisotopic (exact) mass is 467 g/mol. The van der Waals surface area contributed by atoms with Crippen LogP contribution in [0.5, 0.6) is 0 Å². The molecule has 3 atom stereocenters. The molecule has 0 amide bonds. The van der Waals surface area contributed by atoms with Crippen LogP contribution in [0.3, 0.4) is 0 Å². The van der Waals surface area contributed by atoms with Gasteiger partial charge >= 0.3 is 5.69 Å². The van der Waals surface area contributed by atoms with E-state index in [9.17, 15) is 9.90 Å². The quantitative estimate of drug-likeness (QED) is 0.520. The molecule has 24 heavy (non-hydrogen) atoms. The molecule has 0 aromatic carbocycles. The Morgan fingerprint density at radius 1 is 1.54 bits per heavy atom. The Morgan fingerprint density at radius 2 is 2.17 bits per heavy atom. The van der Waals surface area contributed by atoms with Gasteiger partial charge in [-0.25, -0.2) is 4.79 Å². The maximum Gasteiger partial charge on any atom is 0.351 e. The van der Waals surface area contributed by atoms with Gasteiger partial charge in [-0.05, 0) is 40.7 Å². The lowest BCUT2D eigenvalue weighted by Crippen LogP contribution is -2.43. The highest BCUT2D eigenvalue weighted by molar-refractivity contribution is 14.1. The fraction of sp³-hybridized carbons (Fsp3) is 0.733. The number of ether oxygens (including phenoxy) is 1. The molecule has 1 aromatic heterocycles. The summed E-state index contributed by atoms with van der Waals surface area (Å²) in [4.78, 5) is 15.8. The molecular formula is C15H26IN3O4Si. The van der Waals surface area contributed by atoms with Crippen LogP contribution in [0.15, 0.2) is 11.0 Å². The summed E-state index contributed by atoms with van der Waals surface area (Å²) in [5, 5.41) is 10.4. The van der Waals surface area contributed by atoms with Crippen LogP contribution in [0.1, 0.15) is 33.4 Å². The van der Waals surface area contributed by atoms with E-state index in [0.29, 0.717) is 16.6 Å². The van der Waals surface area contributed by atoms with Gasteiger partial charge in [0.1, 0.15) is 18.1 Å². The summed E-state index contributed by atoms with van der Waals surface area (Å²) in [5.74, 6) is 0.202. The van der Waals surface area contributed by atoms with E-state index >= 15 is 0 Å². The van der Waals surface area contributed by atoms with E-state index in [4.69, 9.17) is 14.9 Å². The van der Waals surface area contributed by atoms with Crippen molar-refractivity contribution in [3.63, 3.8) is 0 Å². The fourth-order valence-corrected chi connectivity index (χ4v) is 3.64. The van der Waals surface area contributed by atoms with Crippen molar-refractivity contribution in [2.45, 2.75) is 63.8 Å². The van der Waals surface area contributed by atoms with Gasteiger partial charge in [-0.2, -0.15) is 4.98 Å². The molecule has 1 fully saturated rings. The standard InChI is InChI=1S/C15H26IN3O4Si/c1-15(2,3)24(4,5)22-8-11-10(20)6-12(23-11)19-7-9(16)13(17)18-14(19)21/h7,10-12,20H,6,8H2,1-5H3,(H2,17,18,21)/t10-,11+,12?/m0/s1. The van der Waals surface area contributed by atoms with Gasteiger partial charge in [0.2, 0.25) is 0 Å². The molecule has 1 aliphatic rings. The Hall–Kier alpha value is -0.493. The highest BCUT2D eigenvalue weighted by atomic mass is 127. The summed E-state index contributed by atoms with van der Waals surface area (Å²) < 4.78 is 14.1. The molecule has 1 aromatic rings. The molecule has 2 heterocycles. The summed E-state index contributed by atoms with van der Waals surface area (Å²) in [6.45, 7) is 11.1. The van der Waals surface area contributed by atoms with Gasteiger partial charge < -0.3 is 20.0 Å². The lowest BCUT2D eigenvalue weighted by Gasteiger charge is -2.37. The first kappa shape index (κ1) is 19.8. The number of anilines is 1. The van der Waals surface area contributed by atoms with E-state index in [1.54, 1.807) is 6.20 Å². The van der Waals surface area contributed by atoms with Crippen molar-refractivity contribution in [1.29, 1.82) is 0 Å². The average Bonchev–Trinajstić information content (AvgIpc) is 2.80. The van der Waals surface area contributed by atoms with Gasteiger partial charge in [-0.15, -0.1) is 0 Å². The van der Waals surface area contributed by atoms with Gasteiger partial charge in [0, 0.05) is 12.6 Å². The number of nitrogens with zero attached hydrogens (tertiary/aromatic N) is 2. The van der Waals surface area contributed by atoms with Crippen LogP contribution in [-0.2, 0) is 9.16 Å². The van der Waals surface area contributed by atoms with Crippen LogP contribution in [0.2, 0.25) is 18.1 Å². The topological polar surface area (TPSA) is 99.6 Å². The van der Waals surface area contributed by atoms with Gasteiger partial charge in [-0.1, -0.05) is 20.8 Å². The largest absolute Gasteiger partial charge is 0.414 e. The first-order chi connectivity index (χ1) is 10.9.